The molecule has 2 amide bonds. The molecule has 0 saturated heterocycles. The maximum Gasteiger partial charge on any atom is 0.315 e. The number of aromatic nitrogens is 2. The highest BCUT2D eigenvalue weighted by atomic mass is 35.5. The summed E-state index contributed by atoms with van der Waals surface area (Å²) in [5.41, 5.74) is 7.92. The van der Waals surface area contributed by atoms with Crippen LogP contribution in [0.25, 0.3) is 0 Å². The second-order valence-electron chi connectivity index (χ2n) is 7.39. The van der Waals surface area contributed by atoms with E-state index in [0.29, 0.717) is 19.5 Å². The first-order valence-corrected chi connectivity index (χ1v) is 10.2. The van der Waals surface area contributed by atoms with Gasteiger partial charge >= 0.3 is 6.03 Å². The summed E-state index contributed by atoms with van der Waals surface area (Å²) in [6, 6.07) is 8.32. The van der Waals surface area contributed by atoms with Crippen LogP contribution in [0.15, 0.2) is 47.5 Å². The van der Waals surface area contributed by atoms with E-state index in [1.807, 2.05) is 18.2 Å². The lowest BCUT2D eigenvalue weighted by Crippen LogP contribution is -2.39. The summed E-state index contributed by atoms with van der Waals surface area (Å²) in [6.07, 6.45) is 1.93. The van der Waals surface area contributed by atoms with Crippen LogP contribution in [-0.2, 0) is 26.1 Å². The monoisotopic (exact) mass is 460 g/mol. The van der Waals surface area contributed by atoms with E-state index in [1.54, 1.807) is 4.90 Å². The number of nitrogens with zero attached hydrogens (tertiary/aromatic N) is 3. The van der Waals surface area contributed by atoms with Gasteiger partial charge in [0.1, 0.15) is 24.6 Å². The molecule has 4 rings (SSSR count). The molecule has 0 saturated carbocycles. The molecule has 10 heteroatoms. The minimum Gasteiger partial charge on any atom is -0.471 e. The maximum atomic E-state index is 13.8. The minimum absolute atomic E-state index is 0.106. The van der Waals surface area contributed by atoms with E-state index in [4.69, 9.17) is 22.1 Å². The maximum absolute atomic E-state index is 13.8. The Morgan fingerprint density at radius 2 is 2.03 bits per heavy atom. The summed E-state index contributed by atoms with van der Waals surface area (Å²) in [7, 11) is 0. The smallest absolute Gasteiger partial charge is 0.315 e. The van der Waals surface area contributed by atoms with E-state index in [9.17, 15) is 18.4 Å². The minimum atomic E-state index is -0.766. The fraction of sp³-hybridized carbons (Fsp3) is 0.227. The van der Waals surface area contributed by atoms with Gasteiger partial charge in [-0.25, -0.2) is 18.6 Å². The predicted molar refractivity (Wildman–Crippen MR) is 113 cm³/mol. The number of amides is 2. The Hall–Kier alpha value is -3.46. The number of ether oxygens (including phenoxy) is 1. The van der Waals surface area contributed by atoms with Crippen LogP contribution < -0.4 is 16.0 Å². The molecular weight excluding hydrogens is 442 g/mol. The Labute approximate surface area is 187 Å². The van der Waals surface area contributed by atoms with Crippen molar-refractivity contribution in [3.05, 3.63) is 92.0 Å². The number of hydrogen-bond acceptors (Lipinski definition) is 4. The van der Waals surface area contributed by atoms with Crippen LogP contribution in [0, 0.1) is 11.6 Å². The Morgan fingerprint density at radius 1 is 1.22 bits per heavy atom. The summed E-state index contributed by atoms with van der Waals surface area (Å²) in [5, 5.41) is -0.236. The van der Waals surface area contributed by atoms with Crippen LogP contribution in [0.5, 0.6) is 5.88 Å². The van der Waals surface area contributed by atoms with Crippen molar-refractivity contribution in [2.45, 2.75) is 26.1 Å². The zero-order valence-corrected chi connectivity index (χ0v) is 17.6. The molecule has 1 aliphatic heterocycles. The number of urea groups is 1. The zero-order chi connectivity index (χ0) is 22.8. The Kier molecular flexibility index (Phi) is 6.09. The van der Waals surface area contributed by atoms with Gasteiger partial charge in [0, 0.05) is 24.7 Å². The van der Waals surface area contributed by atoms with Gasteiger partial charge in [0.25, 0.3) is 5.56 Å². The zero-order valence-electron chi connectivity index (χ0n) is 16.9. The second-order valence-corrected chi connectivity index (χ2v) is 7.76. The van der Waals surface area contributed by atoms with Gasteiger partial charge in [-0.15, -0.1) is 0 Å². The van der Waals surface area contributed by atoms with Gasteiger partial charge in [0.15, 0.2) is 5.02 Å². The molecule has 2 N–H and O–H groups in total. The number of carbonyl (C=O) groups is 1. The van der Waals surface area contributed by atoms with Crippen LogP contribution in [0.3, 0.4) is 0 Å². The summed E-state index contributed by atoms with van der Waals surface area (Å²) in [5.74, 6) is -1.60. The van der Waals surface area contributed by atoms with Crippen molar-refractivity contribution in [2.24, 2.45) is 5.73 Å². The molecule has 0 radical (unpaired) electrons. The lowest BCUT2D eigenvalue weighted by Gasteiger charge is -2.29. The van der Waals surface area contributed by atoms with Crippen molar-refractivity contribution < 1.29 is 18.3 Å². The molecule has 0 bridgehead atoms. The summed E-state index contributed by atoms with van der Waals surface area (Å²) >= 11 is 6.16. The van der Waals surface area contributed by atoms with Gasteiger partial charge in [-0.05, 0) is 35.2 Å². The molecule has 7 nitrogen and oxygen atoms in total. The average molecular weight is 461 g/mol. The molecular formula is C22H19ClF2N4O3. The summed E-state index contributed by atoms with van der Waals surface area (Å²) < 4.78 is 33.5. The molecule has 0 atom stereocenters. The molecule has 2 heterocycles. The number of benzene rings is 2. The van der Waals surface area contributed by atoms with Crippen LogP contribution in [0.4, 0.5) is 13.6 Å². The van der Waals surface area contributed by atoms with E-state index >= 15 is 0 Å². The first kappa shape index (κ1) is 21.8. The van der Waals surface area contributed by atoms with Crippen molar-refractivity contribution >= 4 is 17.6 Å². The predicted octanol–water partition coefficient (Wildman–Crippen LogP) is 3.24. The second kappa shape index (κ2) is 8.96. The molecule has 0 spiro atoms. The van der Waals surface area contributed by atoms with Crippen LogP contribution in [0.2, 0.25) is 5.02 Å². The average Bonchev–Trinajstić information content (AvgIpc) is 2.77. The fourth-order valence-corrected chi connectivity index (χ4v) is 3.87. The molecule has 0 fully saturated rings. The van der Waals surface area contributed by atoms with Crippen molar-refractivity contribution in [3.63, 3.8) is 0 Å². The van der Waals surface area contributed by atoms with Crippen molar-refractivity contribution in [1.82, 2.24) is 14.5 Å². The molecule has 32 heavy (non-hydrogen) atoms. The Morgan fingerprint density at radius 3 is 2.78 bits per heavy atom. The molecule has 3 aromatic rings. The van der Waals surface area contributed by atoms with Crippen molar-refractivity contribution in [2.75, 3.05) is 6.54 Å². The van der Waals surface area contributed by atoms with Crippen molar-refractivity contribution in [1.29, 1.82) is 0 Å². The fourth-order valence-electron chi connectivity index (χ4n) is 3.66. The number of primary amides is 1. The van der Waals surface area contributed by atoms with E-state index in [2.05, 4.69) is 4.98 Å². The molecule has 1 aromatic heterocycles. The highest BCUT2D eigenvalue weighted by Crippen LogP contribution is 2.24. The normalized spacial score (nSPS) is 13.0. The number of carbonyl (C=O) groups excluding carboxylic acids is 1. The summed E-state index contributed by atoms with van der Waals surface area (Å²) in [6.45, 7) is 0.891. The number of rotatable bonds is 5. The first-order valence-electron chi connectivity index (χ1n) is 9.79. The molecule has 0 aliphatic carbocycles. The number of fused-ring (bicyclic) bond motifs is 1. The third-order valence-corrected chi connectivity index (χ3v) is 5.67. The van der Waals surface area contributed by atoms with Gasteiger partial charge in [0.05, 0.1) is 6.54 Å². The van der Waals surface area contributed by atoms with E-state index in [0.717, 1.165) is 28.8 Å². The number of halogens is 3. The standard InChI is InChI=1S/C22H19ClF2N4O3/c23-19-20(32-11-15-4-5-16(24)8-18(15)25)27-12-29(21(19)30)10-14-3-1-2-13-9-28(22(26)31)7-6-17(13)14/h1-5,8,12H,6-7,9-11H2,(H2,26,31). The Bertz CT molecular complexity index is 1250. The number of nitrogens with two attached hydrogens (primary N) is 1. The molecule has 2 aromatic carbocycles. The van der Waals surface area contributed by atoms with Crippen LogP contribution >= 0.6 is 11.6 Å². The largest absolute Gasteiger partial charge is 0.471 e. The third kappa shape index (κ3) is 4.43. The van der Waals surface area contributed by atoms with Gasteiger partial charge in [-0.1, -0.05) is 29.8 Å². The van der Waals surface area contributed by atoms with Crippen LogP contribution in [0.1, 0.15) is 22.3 Å². The number of hydrogen-bond donors (Lipinski definition) is 1. The molecule has 1 aliphatic rings. The topological polar surface area (TPSA) is 90.5 Å². The highest BCUT2D eigenvalue weighted by molar-refractivity contribution is 6.31. The highest BCUT2D eigenvalue weighted by Gasteiger charge is 2.21. The quantitative estimate of drug-likeness (QED) is 0.633. The first-order chi connectivity index (χ1) is 15.3. The van der Waals surface area contributed by atoms with Gasteiger partial charge in [0.2, 0.25) is 5.88 Å². The lowest BCUT2D eigenvalue weighted by molar-refractivity contribution is 0.202. The van der Waals surface area contributed by atoms with Gasteiger partial charge in [-0.2, -0.15) is 0 Å². The summed E-state index contributed by atoms with van der Waals surface area (Å²) in [4.78, 5) is 29.9. The van der Waals surface area contributed by atoms with Gasteiger partial charge in [-0.3, -0.25) is 9.36 Å². The SMILES string of the molecule is NC(=O)N1CCc2c(cccc2Cn2cnc(OCc3ccc(F)cc3F)c(Cl)c2=O)C1. The third-order valence-electron chi connectivity index (χ3n) is 5.35. The van der Waals surface area contributed by atoms with Gasteiger partial charge < -0.3 is 15.4 Å². The van der Waals surface area contributed by atoms with E-state index in [1.165, 1.54) is 17.0 Å². The van der Waals surface area contributed by atoms with Crippen LogP contribution in [-0.4, -0.2) is 27.0 Å². The molecule has 166 valence electrons. The van der Waals surface area contributed by atoms with E-state index in [-0.39, 0.29) is 29.6 Å². The Balaban J connectivity index is 1.53. The van der Waals surface area contributed by atoms with E-state index < -0.39 is 23.2 Å². The molecule has 0 unspecified atom stereocenters. The lowest BCUT2D eigenvalue weighted by atomic mass is 9.94. The van der Waals surface area contributed by atoms with Crippen molar-refractivity contribution in [3.8, 4) is 5.88 Å².